The third-order valence-corrected chi connectivity index (χ3v) is 4.69. The summed E-state index contributed by atoms with van der Waals surface area (Å²) in [7, 11) is 1.98. The molecule has 0 spiro atoms. The Hall–Kier alpha value is -0.610. The summed E-state index contributed by atoms with van der Waals surface area (Å²) in [6, 6.07) is 0.0377. The molecule has 4 nitrogen and oxygen atoms in total. The number of carbonyl (C=O) groups excluding carboxylic acids is 1. The second-order valence-corrected chi connectivity index (χ2v) is 6.18. The molecule has 1 heterocycles. The first-order valence-corrected chi connectivity index (χ1v) is 7.88. The molecule has 2 fully saturated rings. The molecule has 1 unspecified atom stereocenters. The van der Waals surface area contributed by atoms with Gasteiger partial charge in [-0.05, 0) is 25.7 Å². The lowest BCUT2D eigenvalue weighted by molar-refractivity contribution is -0.136. The van der Waals surface area contributed by atoms with Gasteiger partial charge in [-0.15, -0.1) is 0 Å². The van der Waals surface area contributed by atoms with E-state index in [1.807, 2.05) is 11.9 Å². The predicted molar refractivity (Wildman–Crippen MR) is 78.1 cm³/mol. The predicted octanol–water partition coefficient (Wildman–Crippen LogP) is 1.32. The van der Waals surface area contributed by atoms with Gasteiger partial charge in [0.05, 0.1) is 6.04 Å². The van der Waals surface area contributed by atoms with Crippen molar-refractivity contribution >= 4 is 5.91 Å². The number of carbonyl (C=O) groups is 1. The standard InChI is InChI=1S/C15H29N3O/c1-13(18-10-8-16-9-11-18)15(19)17(2)12-14-6-4-3-5-7-14/h13-14,16H,3-12H2,1-2H3. The number of likely N-dealkylation sites (N-methyl/N-ethyl adjacent to an activating group) is 1. The highest BCUT2D eigenvalue weighted by atomic mass is 16.2. The van der Waals surface area contributed by atoms with E-state index in [1.165, 1.54) is 32.1 Å². The van der Waals surface area contributed by atoms with Gasteiger partial charge in [-0.2, -0.15) is 0 Å². The van der Waals surface area contributed by atoms with Crippen LogP contribution in [0.5, 0.6) is 0 Å². The molecule has 2 rings (SSSR count). The lowest BCUT2D eigenvalue weighted by atomic mass is 9.89. The highest BCUT2D eigenvalue weighted by molar-refractivity contribution is 5.81. The van der Waals surface area contributed by atoms with Crippen molar-refractivity contribution in [2.45, 2.75) is 45.1 Å². The van der Waals surface area contributed by atoms with E-state index in [9.17, 15) is 4.79 Å². The number of hydrogen-bond donors (Lipinski definition) is 1. The van der Waals surface area contributed by atoms with Gasteiger partial charge in [0.15, 0.2) is 0 Å². The molecule has 110 valence electrons. The average Bonchev–Trinajstić information content (AvgIpc) is 2.47. The maximum absolute atomic E-state index is 12.5. The lowest BCUT2D eigenvalue weighted by Gasteiger charge is -2.35. The minimum absolute atomic E-state index is 0.0377. The number of nitrogens with one attached hydrogen (secondary N) is 1. The van der Waals surface area contributed by atoms with E-state index in [4.69, 9.17) is 0 Å². The molecule has 1 aliphatic heterocycles. The molecule has 1 atom stereocenters. The summed E-state index contributed by atoms with van der Waals surface area (Å²) in [5.41, 5.74) is 0. The summed E-state index contributed by atoms with van der Waals surface area (Å²) in [6.07, 6.45) is 6.69. The Morgan fingerprint density at radius 1 is 1.26 bits per heavy atom. The van der Waals surface area contributed by atoms with Crippen molar-refractivity contribution in [1.82, 2.24) is 15.1 Å². The first kappa shape index (κ1) is 14.8. The fourth-order valence-corrected chi connectivity index (χ4v) is 3.39. The molecule has 1 N–H and O–H groups in total. The van der Waals surface area contributed by atoms with Crippen molar-refractivity contribution in [3.8, 4) is 0 Å². The van der Waals surface area contributed by atoms with Crippen LogP contribution in [0.25, 0.3) is 0 Å². The Morgan fingerprint density at radius 2 is 1.89 bits per heavy atom. The van der Waals surface area contributed by atoms with E-state index in [1.54, 1.807) is 0 Å². The maximum atomic E-state index is 12.5. The Kier molecular flexibility index (Phi) is 5.64. The van der Waals surface area contributed by atoms with Gasteiger partial charge in [0.2, 0.25) is 5.91 Å². The molecule has 4 heteroatoms. The number of nitrogens with zero attached hydrogens (tertiary/aromatic N) is 2. The summed E-state index contributed by atoms with van der Waals surface area (Å²) in [5.74, 6) is 1.03. The summed E-state index contributed by atoms with van der Waals surface area (Å²) < 4.78 is 0. The second-order valence-electron chi connectivity index (χ2n) is 6.18. The average molecular weight is 267 g/mol. The molecule has 1 saturated carbocycles. The monoisotopic (exact) mass is 267 g/mol. The molecule has 0 aromatic rings. The van der Waals surface area contributed by atoms with Crippen LogP contribution in [0, 0.1) is 5.92 Å². The fourth-order valence-electron chi connectivity index (χ4n) is 3.39. The van der Waals surface area contributed by atoms with Crippen LogP contribution in [0.4, 0.5) is 0 Å². The molecule has 0 aromatic carbocycles. The van der Waals surface area contributed by atoms with E-state index in [-0.39, 0.29) is 6.04 Å². The molecular formula is C15H29N3O. The van der Waals surface area contributed by atoms with Crippen LogP contribution in [-0.2, 0) is 4.79 Å². The topological polar surface area (TPSA) is 35.6 Å². The smallest absolute Gasteiger partial charge is 0.239 e. The van der Waals surface area contributed by atoms with Crippen LogP contribution < -0.4 is 5.32 Å². The maximum Gasteiger partial charge on any atom is 0.239 e. The van der Waals surface area contributed by atoms with Crippen molar-refractivity contribution in [1.29, 1.82) is 0 Å². The summed E-state index contributed by atoms with van der Waals surface area (Å²) in [6.45, 7) is 7.00. The molecule has 1 saturated heterocycles. The summed E-state index contributed by atoms with van der Waals surface area (Å²) in [5, 5.41) is 3.34. The summed E-state index contributed by atoms with van der Waals surface area (Å²) >= 11 is 0. The Balaban J connectivity index is 1.79. The van der Waals surface area contributed by atoms with Crippen molar-refractivity contribution in [3.05, 3.63) is 0 Å². The van der Waals surface area contributed by atoms with E-state index in [2.05, 4.69) is 17.1 Å². The second kappa shape index (κ2) is 7.25. The van der Waals surface area contributed by atoms with Gasteiger partial charge in [-0.1, -0.05) is 19.3 Å². The quantitative estimate of drug-likeness (QED) is 0.834. The molecule has 19 heavy (non-hydrogen) atoms. The van der Waals surface area contributed by atoms with Gasteiger partial charge in [-0.25, -0.2) is 0 Å². The van der Waals surface area contributed by atoms with Crippen molar-refractivity contribution in [2.75, 3.05) is 39.8 Å². The van der Waals surface area contributed by atoms with Gasteiger partial charge in [0.1, 0.15) is 0 Å². The Morgan fingerprint density at radius 3 is 2.53 bits per heavy atom. The van der Waals surface area contributed by atoms with Gasteiger partial charge in [-0.3, -0.25) is 9.69 Å². The molecule has 0 radical (unpaired) electrons. The van der Waals surface area contributed by atoms with E-state index >= 15 is 0 Å². The van der Waals surface area contributed by atoms with E-state index < -0.39 is 0 Å². The molecule has 1 amide bonds. The van der Waals surface area contributed by atoms with Crippen molar-refractivity contribution in [2.24, 2.45) is 5.92 Å². The van der Waals surface area contributed by atoms with Crippen LogP contribution in [0.3, 0.4) is 0 Å². The van der Waals surface area contributed by atoms with E-state index in [0.717, 1.165) is 38.6 Å². The van der Waals surface area contributed by atoms with Crippen LogP contribution in [-0.4, -0.2) is 61.5 Å². The van der Waals surface area contributed by atoms with Crippen LogP contribution >= 0.6 is 0 Å². The minimum atomic E-state index is 0.0377. The third kappa shape index (κ3) is 4.18. The van der Waals surface area contributed by atoms with Gasteiger partial charge in [0, 0.05) is 39.8 Å². The largest absolute Gasteiger partial charge is 0.344 e. The normalized spacial score (nSPS) is 24.1. The number of hydrogen-bond acceptors (Lipinski definition) is 3. The van der Waals surface area contributed by atoms with E-state index in [0.29, 0.717) is 5.91 Å². The fraction of sp³-hybridized carbons (Fsp3) is 0.933. The van der Waals surface area contributed by atoms with Crippen LogP contribution in [0.15, 0.2) is 0 Å². The number of amides is 1. The van der Waals surface area contributed by atoms with Gasteiger partial charge < -0.3 is 10.2 Å². The first-order chi connectivity index (χ1) is 9.18. The van der Waals surface area contributed by atoms with Gasteiger partial charge in [0.25, 0.3) is 0 Å². The first-order valence-electron chi connectivity index (χ1n) is 7.88. The molecular weight excluding hydrogens is 238 g/mol. The lowest BCUT2D eigenvalue weighted by Crippen LogP contribution is -2.53. The van der Waals surface area contributed by atoms with Crippen molar-refractivity contribution < 1.29 is 4.79 Å². The van der Waals surface area contributed by atoms with Crippen molar-refractivity contribution in [3.63, 3.8) is 0 Å². The Labute approximate surface area is 117 Å². The number of rotatable bonds is 4. The Bertz CT molecular complexity index is 283. The van der Waals surface area contributed by atoms with Gasteiger partial charge >= 0.3 is 0 Å². The summed E-state index contributed by atoms with van der Waals surface area (Å²) in [4.78, 5) is 16.8. The molecule has 1 aliphatic carbocycles. The third-order valence-electron chi connectivity index (χ3n) is 4.69. The molecule has 2 aliphatic rings. The highest BCUT2D eigenvalue weighted by Gasteiger charge is 2.26. The number of piperazine rings is 1. The van der Waals surface area contributed by atoms with Crippen LogP contribution in [0.1, 0.15) is 39.0 Å². The highest BCUT2D eigenvalue weighted by Crippen LogP contribution is 2.24. The minimum Gasteiger partial charge on any atom is -0.344 e. The molecule has 0 bridgehead atoms. The SMILES string of the molecule is CC(C(=O)N(C)CC1CCCCC1)N1CCNCC1. The zero-order chi connectivity index (χ0) is 13.7. The molecule has 0 aromatic heterocycles. The van der Waals surface area contributed by atoms with Crippen LogP contribution in [0.2, 0.25) is 0 Å². The zero-order valence-electron chi connectivity index (χ0n) is 12.5. The zero-order valence-corrected chi connectivity index (χ0v) is 12.5.